The van der Waals surface area contributed by atoms with E-state index in [-0.39, 0.29) is 5.91 Å². The van der Waals surface area contributed by atoms with Gasteiger partial charge in [0.1, 0.15) is 5.76 Å². The molecule has 6 heteroatoms. The maximum Gasteiger partial charge on any atom is 0.308 e. The summed E-state index contributed by atoms with van der Waals surface area (Å²) in [4.78, 5) is 22.5. The first-order valence-electron chi connectivity index (χ1n) is 6.26. The largest absolute Gasteiger partial charge is 0.481 e. The average molecular weight is 268 g/mol. The van der Waals surface area contributed by atoms with Crippen molar-refractivity contribution in [3.05, 3.63) is 17.0 Å². The quantitative estimate of drug-likeness (QED) is 0.814. The number of hydrogen-bond acceptors (Lipinski definition) is 4. The van der Waals surface area contributed by atoms with Crippen LogP contribution in [0.3, 0.4) is 0 Å². The van der Waals surface area contributed by atoms with Crippen molar-refractivity contribution in [3.63, 3.8) is 0 Å². The van der Waals surface area contributed by atoms with Gasteiger partial charge in [0.25, 0.3) is 0 Å². The summed E-state index contributed by atoms with van der Waals surface area (Å²) in [7, 11) is 0. The lowest BCUT2D eigenvalue weighted by molar-refractivity contribution is -0.142. The number of carboxylic acid groups (broad SMARTS) is 1. The van der Waals surface area contributed by atoms with Gasteiger partial charge in [0.2, 0.25) is 5.91 Å². The van der Waals surface area contributed by atoms with Crippen LogP contribution in [-0.4, -0.2) is 28.2 Å². The number of carbonyl (C=O) groups is 2. The van der Waals surface area contributed by atoms with Crippen molar-refractivity contribution in [2.45, 2.75) is 46.6 Å². The molecule has 1 heterocycles. The zero-order chi connectivity index (χ0) is 14.6. The third-order valence-electron chi connectivity index (χ3n) is 3.31. The zero-order valence-corrected chi connectivity index (χ0v) is 11.7. The molecule has 0 saturated heterocycles. The third kappa shape index (κ3) is 4.08. The van der Waals surface area contributed by atoms with Gasteiger partial charge in [0.15, 0.2) is 0 Å². The van der Waals surface area contributed by atoms with Gasteiger partial charge < -0.3 is 14.9 Å². The Morgan fingerprint density at radius 2 is 2.00 bits per heavy atom. The summed E-state index contributed by atoms with van der Waals surface area (Å²) in [6.07, 6.45) is 0.834. The highest BCUT2D eigenvalue weighted by atomic mass is 16.5. The number of aryl methyl sites for hydroxylation is 2. The molecule has 0 aliphatic heterocycles. The second-order valence-electron chi connectivity index (χ2n) is 4.79. The van der Waals surface area contributed by atoms with Crippen molar-refractivity contribution >= 4 is 11.9 Å². The maximum atomic E-state index is 11.7. The van der Waals surface area contributed by atoms with Gasteiger partial charge in [-0.1, -0.05) is 5.16 Å². The lowest BCUT2D eigenvalue weighted by atomic mass is 10.0. The summed E-state index contributed by atoms with van der Waals surface area (Å²) < 4.78 is 5.02. The van der Waals surface area contributed by atoms with Crippen molar-refractivity contribution < 1.29 is 19.2 Å². The lowest BCUT2D eigenvalue weighted by Gasteiger charge is -2.17. The number of amides is 1. The molecule has 0 bridgehead atoms. The molecule has 0 aliphatic rings. The van der Waals surface area contributed by atoms with E-state index in [2.05, 4.69) is 10.5 Å². The number of carboxylic acids is 1. The maximum absolute atomic E-state index is 11.7. The van der Waals surface area contributed by atoms with Crippen LogP contribution >= 0.6 is 0 Å². The van der Waals surface area contributed by atoms with Gasteiger partial charge in [-0.3, -0.25) is 9.59 Å². The fourth-order valence-electron chi connectivity index (χ4n) is 1.76. The summed E-state index contributed by atoms with van der Waals surface area (Å²) in [6.45, 7) is 6.90. The molecule has 0 radical (unpaired) electrons. The first-order chi connectivity index (χ1) is 8.82. The fraction of sp³-hybridized carbons (Fsp3) is 0.615. The molecule has 1 aromatic heterocycles. The van der Waals surface area contributed by atoms with Crippen LogP contribution in [0.1, 0.15) is 37.3 Å². The molecule has 0 fully saturated rings. The van der Waals surface area contributed by atoms with E-state index >= 15 is 0 Å². The van der Waals surface area contributed by atoms with Crippen molar-refractivity contribution in [2.24, 2.45) is 5.92 Å². The Labute approximate surface area is 112 Å². The molecule has 0 spiro atoms. The van der Waals surface area contributed by atoms with Gasteiger partial charge in [-0.05, 0) is 34.1 Å². The van der Waals surface area contributed by atoms with Crippen molar-refractivity contribution in [1.29, 1.82) is 0 Å². The molecule has 6 nitrogen and oxygen atoms in total. The summed E-state index contributed by atoms with van der Waals surface area (Å²) in [5.74, 6) is -0.973. The van der Waals surface area contributed by atoms with Crippen LogP contribution in [0.2, 0.25) is 0 Å². The molecule has 2 unspecified atom stereocenters. The topological polar surface area (TPSA) is 92.4 Å². The summed E-state index contributed by atoms with van der Waals surface area (Å²) >= 11 is 0. The molecule has 1 aromatic rings. The Morgan fingerprint density at radius 3 is 2.47 bits per heavy atom. The van der Waals surface area contributed by atoms with E-state index < -0.39 is 17.9 Å². The standard InChI is InChI=1S/C13H20N2O4/c1-7(13(17)18)8(2)14-12(16)6-5-11-9(3)15-19-10(11)4/h7-8H,5-6H2,1-4H3,(H,14,16)(H,17,18). The Kier molecular flexibility index (Phi) is 5.09. The molecule has 0 aromatic carbocycles. The Hall–Kier alpha value is -1.85. The summed E-state index contributed by atoms with van der Waals surface area (Å²) in [5.41, 5.74) is 1.73. The SMILES string of the molecule is Cc1noc(C)c1CCC(=O)NC(C)C(C)C(=O)O. The van der Waals surface area contributed by atoms with Crippen molar-refractivity contribution in [3.8, 4) is 0 Å². The van der Waals surface area contributed by atoms with E-state index in [1.807, 2.05) is 13.8 Å². The van der Waals surface area contributed by atoms with E-state index in [4.69, 9.17) is 9.63 Å². The Bertz CT molecular complexity index is 448. The predicted octanol–water partition coefficient (Wildman–Crippen LogP) is 1.45. The Balaban J connectivity index is 2.46. The molecule has 0 saturated carbocycles. The smallest absolute Gasteiger partial charge is 0.308 e. The van der Waals surface area contributed by atoms with Crippen molar-refractivity contribution in [1.82, 2.24) is 10.5 Å². The molecular weight excluding hydrogens is 248 g/mol. The van der Waals surface area contributed by atoms with Gasteiger partial charge in [0.05, 0.1) is 11.6 Å². The lowest BCUT2D eigenvalue weighted by Crippen LogP contribution is -2.40. The number of nitrogens with zero attached hydrogens (tertiary/aromatic N) is 1. The highest BCUT2D eigenvalue weighted by molar-refractivity contribution is 5.78. The minimum atomic E-state index is -0.918. The monoisotopic (exact) mass is 268 g/mol. The fourth-order valence-corrected chi connectivity index (χ4v) is 1.76. The second-order valence-corrected chi connectivity index (χ2v) is 4.79. The number of carbonyl (C=O) groups excluding carboxylic acids is 1. The minimum absolute atomic E-state index is 0.166. The number of aromatic nitrogens is 1. The number of rotatable bonds is 6. The van der Waals surface area contributed by atoms with E-state index in [0.717, 1.165) is 17.0 Å². The third-order valence-corrected chi connectivity index (χ3v) is 3.31. The number of nitrogens with one attached hydrogen (secondary N) is 1. The van der Waals surface area contributed by atoms with Crippen LogP contribution in [0.5, 0.6) is 0 Å². The van der Waals surface area contributed by atoms with Crippen LogP contribution < -0.4 is 5.32 Å². The van der Waals surface area contributed by atoms with Gasteiger partial charge in [-0.2, -0.15) is 0 Å². The van der Waals surface area contributed by atoms with Gasteiger partial charge in [0, 0.05) is 18.0 Å². The molecule has 0 aliphatic carbocycles. The summed E-state index contributed by atoms with van der Waals surface area (Å²) in [5, 5.41) is 15.4. The molecule has 2 N–H and O–H groups in total. The minimum Gasteiger partial charge on any atom is -0.481 e. The molecular formula is C13H20N2O4. The van der Waals surface area contributed by atoms with E-state index in [1.165, 1.54) is 0 Å². The normalized spacial score (nSPS) is 13.9. The predicted molar refractivity (Wildman–Crippen MR) is 68.7 cm³/mol. The van der Waals surface area contributed by atoms with E-state index in [1.54, 1.807) is 13.8 Å². The molecule has 2 atom stereocenters. The van der Waals surface area contributed by atoms with Crippen molar-refractivity contribution in [2.75, 3.05) is 0 Å². The van der Waals surface area contributed by atoms with Gasteiger partial charge >= 0.3 is 5.97 Å². The molecule has 1 rings (SSSR count). The highest BCUT2D eigenvalue weighted by Gasteiger charge is 2.21. The van der Waals surface area contributed by atoms with E-state index in [0.29, 0.717) is 12.8 Å². The first kappa shape index (κ1) is 15.2. The second kappa shape index (κ2) is 6.36. The Morgan fingerprint density at radius 1 is 1.37 bits per heavy atom. The molecule has 106 valence electrons. The van der Waals surface area contributed by atoms with Crippen LogP contribution in [-0.2, 0) is 16.0 Å². The zero-order valence-electron chi connectivity index (χ0n) is 11.7. The number of aliphatic carboxylic acids is 1. The van der Waals surface area contributed by atoms with Crippen LogP contribution in [0, 0.1) is 19.8 Å². The van der Waals surface area contributed by atoms with Crippen LogP contribution in [0.4, 0.5) is 0 Å². The van der Waals surface area contributed by atoms with Crippen LogP contribution in [0.15, 0.2) is 4.52 Å². The summed E-state index contributed by atoms with van der Waals surface area (Å²) in [6, 6.07) is -0.394. The number of hydrogen-bond donors (Lipinski definition) is 2. The highest BCUT2D eigenvalue weighted by Crippen LogP contribution is 2.14. The average Bonchev–Trinajstić information content (AvgIpc) is 2.65. The van der Waals surface area contributed by atoms with Crippen LogP contribution in [0.25, 0.3) is 0 Å². The first-order valence-corrected chi connectivity index (χ1v) is 6.26. The molecule has 19 heavy (non-hydrogen) atoms. The van der Waals surface area contributed by atoms with E-state index in [9.17, 15) is 9.59 Å². The molecule has 1 amide bonds. The van der Waals surface area contributed by atoms with Gasteiger partial charge in [-0.15, -0.1) is 0 Å². The van der Waals surface area contributed by atoms with Gasteiger partial charge in [-0.25, -0.2) is 0 Å².